The number of nitrogens with zero attached hydrogens (tertiary/aromatic N) is 2. The van der Waals surface area contributed by atoms with Crippen LogP contribution in [-0.2, 0) is 4.79 Å². The Morgan fingerprint density at radius 3 is 2.77 bits per heavy atom. The first-order valence-corrected chi connectivity index (χ1v) is 6.89. The van der Waals surface area contributed by atoms with Gasteiger partial charge in [0.1, 0.15) is 12.2 Å². The van der Waals surface area contributed by atoms with Gasteiger partial charge in [0.2, 0.25) is 5.91 Å². The van der Waals surface area contributed by atoms with E-state index in [2.05, 4.69) is 21.4 Å². The quantitative estimate of drug-likeness (QED) is 0.775. The predicted octanol–water partition coefficient (Wildman–Crippen LogP) is 3.39. The zero-order chi connectivity index (χ0) is 15.5. The summed E-state index contributed by atoms with van der Waals surface area (Å²) in [5.74, 6) is 0.477. The highest BCUT2D eigenvalue weighted by Crippen LogP contribution is 2.22. The summed E-state index contributed by atoms with van der Waals surface area (Å²) in [6.45, 7) is 2.04. The number of benzene rings is 2. The monoisotopic (exact) mass is 290 g/mol. The van der Waals surface area contributed by atoms with Crippen LogP contribution in [0.4, 0.5) is 5.69 Å². The number of hydrogen-bond acceptors (Lipinski definition) is 3. The standard InChI is InChI=1S/C17H14N4O/c1-11-2-7-14-15(10-11)21-17(20-14)12-3-5-13(6-4-12)19-16(22)8-9-18/h2-7,10H,8H2,1H3,(H,19,22)(H,20,21). The molecule has 1 heterocycles. The smallest absolute Gasteiger partial charge is 0.238 e. The fourth-order valence-corrected chi connectivity index (χ4v) is 2.25. The minimum Gasteiger partial charge on any atom is -0.338 e. The molecule has 5 nitrogen and oxygen atoms in total. The molecule has 0 aliphatic heterocycles. The third kappa shape index (κ3) is 2.81. The van der Waals surface area contributed by atoms with E-state index in [0.29, 0.717) is 5.69 Å². The number of nitrogens with one attached hydrogen (secondary N) is 2. The van der Waals surface area contributed by atoms with Crippen molar-refractivity contribution in [2.75, 3.05) is 5.32 Å². The van der Waals surface area contributed by atoms with E-state index in [9.17, 15) is 4.79 Å². The largest absolute Gasteiger partial charge is 0.338 e. The average molecular weight is 290 g/mol. The molecule has 1 aromatic heterocycles. The van der Waals surface area contributed by atoms with Crippen LogP contribution in [0, 0.1) is 18.3 Å². The van der Waals surface area contributed by atoms with Crippen LogP contribution < -0.4 is 5.32 Å². The molecule has 5 heteroatoms. The van der Waals surface area contributed by atoms with Gasteiger partial charge in [-0.3, -0.25) is 4.79 Å². The summed E-state index contributed by atoms with van der Waals surface area (Å²) in [5, 5.41) is 11.1. The molecule has 0 unspecified atom stereocenters. The van der Waals surface area contributed by atoms with Crippen LogP contribution in [0.15, 0.2) is 42.5 Å². The lowest BCUT2D eigenvalue weighted by molar-refractivity contribution is -0.115. The first kappa shape index (κ1) is 13.8. The minimum atomic E-state index is -0.311. The normalized spacial score (nSPS) is 10.4. The van der Waals surface area contributed by atoms with Crippen LogP contribution in [0.1, 0.15) is 12.0 Å². The van der Waals surface area contributed by atoms with Gasteiger partial charge in [0, 0.05) is 11.3 Å². The van der Waals surface area contributed by atoms with Crippen LogP contribution in [0.5, 0.6) is 0 Å². The van der Waals surface area contributed by atoms with Gasteiger partial charge in [0.05, 0.1) is 17.1 Å². The topological polar surface area (TPSA) is 81.6 Å². The number of anilines is 1. The van der Waals surface area contributed by atoms with E-state index in [-0.39, 0.29) is 12.3 Å². The Balaban J connectivity index is 1.85. The van der Waals surface area contributed by atoms with Crippen LogP contribution in [0.25, 0.3) is 22.4 Å². The molecule has 3 rings (SSSR count). The van der Waals surface area contributed by atoms with Gasteiger partial charge in [-0.05, 0) is 48.9 Å². The average Bonchev–Trinajstić information content (AvgIpc) is 2.91. The summed E-state index contributed by atoms with van der Waals surface area (Å²) in [5.41, 5.74) is 4.70. The molecule has 2 aromatic carbocycles. The molecule has 108 valence electrons. The predicted molar refractivity (Wildman–Crippen MR) is 85.1 cm³/mol. The Kier molecular flexibility index (Phi) is 3.58. The zero-order valence-corrected chi connectivity index (χ0v) is 12.1. The number of amides is 1. The van der Waals surface area contributed by atoms with Crippen LogP contribution >= 0.6 is 0 Å². The van der Waals surface area contributed by atoms with Crippen molar-refractivity contribution in [2.45, 2.75) is 13.3 Å². The Labute approximate surface area is 127 Å². The molecule has 0 bridgehead atoms. The zero-order valence-electron chi connectivity index (χ0n) is 12.1. The summed E-state index contributed by atoms with van der Waals surface area (Å²) in [6.07, 6.45) is -0.148. The Morgan fingerprint density at radius 1 is 1.27 bits per heavy atom. The molecule has 0 saturated heterocycles. The molecule has 22 heavy (non-hydrogen) atoms. The number of aromatic amines is 1. The second kappa shape index (κ2) is 5.70. The number of H-pyrrole nitrogens is 1. The van der Waals surface area contributed by atoms with E-state index in [1.807, 2.05) is 37.3 Å². The molecule has 0 radical (unpaired) electrons. The van der Waals surface area contributed by atoms with Gasteiger partial charge >= 0.3 is 0 Å². The van der Waals surface area contributed by atoms with Crippen molar-refractivity contribution in [1.82, 2.24) is 9.97 Å². The molecule has 0 atom stereocenters. The SMILES string of the molecule is Cc1ccc2nc(-c3ccc(NC(=O)CC#N)cc3)[nH]c2c1. The highest BCUT2D eigenvalue weighted by molar-refractivity contribution is 5.92. The maximum Gasteiger partial charge on any atom is 0.238 e. The Morgan fingerprint density at radius 2 is 2.05 bits per heavy atom. The van der Waals surface area contributed by atoms with E-state index in [1.54, 1.807) is 12.1 Å². The van der Waals surface area contributed by atoms with E-state index >= 15 is 0 Å². The van der Waals surface area contributed by atoms with Crippen molar-refractivity contribution in [3.63, 3.8) is 0 Å². The van der Waals surface area contributed by atoms with Crippen molar-refractivity contribution in [2.24, 2.45) is 0 Å². The molecule has 0 spiro atoms. The van der Waals surface area contributed by atoms with Crippen LogP contribution in [0.3, 0.4) is 0 Å². The summed E-state index contributed by atoms with van der Waals surface area (Å²) < 4.78 is 0. The number of hydrogen-bond donors (Lipinski definition) is 2. The number of carbonyl (C=O) groups is 1. The third-order valence-electron chi connectivity index (χ3n) is 3.32. The maximum atomic E-state index is 11.4. The Hall–Kier alpha value is -3.13. The van der Waals surface area contributed by atoms with Crippen molar-refractivity contribution < 1.29 is 4.79 Å². The van der Waals surface area contributed by atoms with Gasteiger partial charge in [-0.1, -0.05) is 6.07 Å². The van der Waals surface area contributed by atoms with Crippen molar-refractivity contribution in [1.29, 1.82) is 5.26 Å². The molecule has 2 N–H and O–H groups in total. The van der Waals surface area contributed by atoms with E-state index in [1.165, 1.54) is 5.56 Å². The Bertz CT molecular complexity index is 872. The highest BCUT2D eigenvalue weighted by atomic mass is 16.1. The lowest BCUT2D eigenvalue weighted by Gasteiger charge is -2.03. The number of nitriles is 1. The highest BCUT2D eigenvalue weighted by Gasteiger charge is 2.06. The molecule has 1 amide bonds. The van der Waals surface area contributed by atoms with Crippen LogP contribution in [-0.4, -0.2) is 15.9 Å². The van der Waals surface area contributed by atoms with E-state index < -0.39 is 0 Å². The first-order valence-electron chi connectivity index (χ1n) is 6.89. The maximum absolute atomic E-state index is 11.4. The molecule has 0 aliphatic carbocycles. The van der Waals surface area contributed by atoms with Gasteiger partial charge in [-0.15, -0.1) is 0 Å². The minimum absolute atomic E-state index is 0.148. The molecule has 0 fully saturated rings. The molecule has 0 aliphatic rings. The lowest BCUT2D eigenvalue weighted by atomic mass is 10.2. The lowest BCUT2D eigenvalue weighted by Crippen LogP contribution is -2.09. The van der Waals surface area contributed by atoms with Gasteiger partial charge in [-0.2, -0.15) is 5.26 Å². The second-order valence-electron chi connectivity index (χ2n) is 5.07. The van der Waals surface area contributed by atoms with E-state index in [4.69, 9.17) is 5.26 Å². The summed E-state index contributed by atoms with van der Waals surface area (Å²) >= 11 is 0. The van der Waals surface area contributed by atoms with Gasteiger partial charge in [-0.25, -0.2) is 4.98 Å². The van der Waals surface area contributed by atoms with E-state index in [0.717, 1.165) is 22.4 Å². The van der Waals surface area contributed by atoms with Crippen molar-refractivity contribution in [3.05, 3.63) is 48.0 Å². The summed E-state index contributed by atoms with van der Waals surface area (Å²) in [6, 6.07) is 15.2. The van der Waals surface area contributed by atoms with Crippen molar-refractivity contribution in [3.8, 4) is 17.5 Å². The number of rotatable bonds is 3. The number of aryl methyl sites for hydroxylation is 1. The first-order chi connectivity index (χ1) is 10.7. The number of aromatic nitrogens is 2. The van der Waals surface area contributed by atoms with Crippen LogP contribution in [0.2, 0.25) is 0 Å². The number of carbonyl (C=O) groups excluding carboxylic acids is 1. The summed E-state index contributed by atoms with van der Waals surface area (Å²) in [4.78, 5) is 19.2. The van der Waals surface area contributed by atoms with Crippen molar-refractivity contribution >= 4 is 22.6 Å². The number of fused-ring (bicyclic) bond motifs is 1. The molecular formula is C17H14N4O. The van der Waals surface area contributed by atoms with Gasteiger partial charge in [0.15, 0.2) is 0 Å². The fourth-order valence-electron chi connectivity index (χ4n) is 2.25. The fraction of sp³-hybridized carbons (Fsp3) is 0.118. The molecular weight excluding hydrogens is 276 g/mol. The van der Waals surface area contributed by atoms with Gasteiger partial charge < -0.3 is 10.3 Å². The number of imidazole rings is 1. The molecule has 0 saturated carbocycles. The summed E-state index contributed by atoms with van der Waals surface area (Å²) in [7, 11) is 0. The third-order valence-corrected chi connectivity index (χ3v) is 3.32. The second-order valence-corrected chi connectivity index (χ2v) is 5.07. The molecule has 3 aromatic rings. The van der Waals surface area contributed by atoms with Gasteiger partial charge in [0.25, 0.3) is 0 Å².